The third kappa shape index (κ3) is 3.55. The van der Waals surface area contributed by atoms with Crippen molar-refractivity contribution in [1.29, 1.82) is 0 Å². The van der Waals surface area contributed by atoms with Gasteiger partial charge >= 0.3 is 0 Å². The molecule has 1 heterocycles. The van der Waals surface area contributed by atoms with Gasteiger partial charge < -0.3 is 24.1 Å². The van der Waals surface area contributed by atoms with Crippen LogP contribution in [-0.4, -0.2) is 31.8 Å². The van der Waals surface area contributed by atoms with Gasteiger partial charge in [0.2, 0.25) is 11.7 Å². The van der Waals surface area contributed by atoms with Crippen molar-refractivity contribution in [3.8, 4) is 17.2 Å². The van der Waals surface area contributed by atoms with E-state index in [1.165, 1.54) is 21.3 Å². The molecule has 0 atom stereocenters. The molecule has 0 fully saturated rings. The van der Waals surface area contributed by atoms with Gasteiger partial charge in [-0.05, 0) is 24.3 Å². The number of aromatic nitrogens is 1. The van der Waals surface area contributed by atoms with Crippen molar-refractivity contribution in [3.05, 3.63) is 47.6 Å². The number of fused-ring (bicyclic) bond motifs is 1. The van der Waals surface area contributed by atoms with Crippen LogP contribution < -0.4 is 19.5 Å². The van der Waals surface area contributed by atoms with Crippen LogP contribution in [0, 0.1) is 0 Å². The average Bonchev–Trinajstić information content (AvgIpc) is 3.02. The Morgan fingerprint density at radius 1 is 1.04 bits per heavy atom. The predicted molar refractivity (Wildman–Crippen MR) is 102 cm³/mol. The Bertz CT molecular complexity index is 927. The molecule has 6 nitrogen and oxygen atoms in total. The summed E-state index contributed by atoms with van der Waals surface area (Å²) in [5.41, 5.74) is 1.50. The van der Waals surface area contributed by atoms with Crippen LogP contribution in [0.1, 0.15) is 0 Å². The van der Waals surface area contributed by atoms with Gasteiger partial charge in [0.05, 0.1) is 21.3 Å². The fourth-order valence-electron chi connectivity index (χ4n) is 2.82. The normalized spacial score (nSPS) is 10.6. The summed E-state index contributed by atoms with van der Waals surface area (Å²) >= 11 is 6.00. The number of hydrogen-bond acceptors (Lipinski definition) is 4. The number of anilines is 1. The van der Waals surface area contributed by atoms with Gasteiger partial charge in [-0.25, -0.2) is 0 Å². The summed E-state index contributed by atoms with van der Waals surface area (Å²) in [5.74, 6) is 1.25. The van der Waals surface area contributed by atoms with Crippen LogP contribution in [0.2, 0.25) is 5.02 Å². The monoisotopic (exact) mass is 374 g/mol. The maximum atomic E-state index is 12.5. The molecule has 0 radical (unpaired) electrons. The summed E-state index contributed by atoms with van der Waals surface area (Å²) in [6.07, 6.45) is 1.86. The SMILES string of the molecule is COc1cc(NC(=O)Cn2ccc3cc(Cl)ccc32)cc(OC)c1OC. The van der Waals surface area contributed by atoms with Crippen LogP contribution in [0.3, 0.4) is 0 Å². The topological polar surface area (TPSA) is 61.7 Å². The Labute approximate surface area is 156 Å². The summed E-state index contributed by atoms with van der Waals surface area (Å²) in [5, 5.41) is 4.50. The lowest BCUT2D eigenvalue weighted by Gasteiger charge is -2.15. The third-order valence-electron chi connectivity index (χ3n) is 4.00. The van der Waals surface area contributed by atoms with E-state index in [0.29, 0.717) is 28.0 Å². The largest absolute Gasteiger partial charge is 0.493 e. The Kier molecular flexibility index (Phi) is 5.23. The Hall–Kier alpha value is -2.86. The summed E-state index contributed by atoms with van der Waals surface area (Å²) in [7, 11) is 4.59. The molecule has 7 heteroatoms. The molecule has 0 spiro atoms. The van der Waals surface area contributed by atoms with Gasteiger partial charge in [-0.1, -0.05) is 11.6 Å². The van der Waals surface area contributed by atoms with Crippen LogP contribution in [0.5, 0.6) is 17.2 Å². The van der Waals surface area contributed by atoms with Crippen LogP contribution in [-0.2, 0) is 11.3 Å². The third-order valence-corrected chi connectivity index (χ3v) is 4.23. The molecule has 1 aromatic heterocycles. The number of nitrogens with zero attached hydrogens (tertiary/aromatic N) is 1. The number of nitrogens with one attached hydrogen (secondary N) is 1. The molecule has 3 rings (SSSR count). The van der Waals surface area contributed by atoms with E-state index in [-0.39, 0.29) is 12.5 Å². The molecular weight excluding hydrogens is 356 g/mol. The van der Waals surface area contributed by atoms with E-state index in [0.717, 1.165) is 10.9 Å². The first-order valence-corrected chi connectivity index (χ1v) is 8.27. The number of hydrogen-bond donors (Lipinski definition) is 1. The van der Waals surface area contributed by atoms with Crippen LogP contribution >= 0.6 is 11.6 Å². The predicted octanol–water partition coefficient (Wildman–Crippen LogP) is 3.96. The van der Waals surface area contributed by atoms with Gasteiger partial charge in [-0.3, -0.25) is 4.79 Å². The maximum absolute atomic E-state index is 12.5. The second-order valence-electron chi connectivity index (χ2n) is 5.61. The van der Waals surface area contributed by atoms with E-state index in [4.69, 9.17) is 25.8 Å². The molecule has 1 amide bonds. The average molecular weight is 375 g/mol. The molecule has 3 aromatic rings. The zero-order valence-electron chi connectivity index (χ0n) is 14.7. The fourth-order valence-corrected chi connectivity index (χ4v) is 3.00. The Balaban J connectivity index is 1.81. The van der Waals surface area contributed by atoms with Gasteiger partial charge in [0, 0.05) is 39.9 Å². The molecule has 0 aliphatic carbocycles. The molecular formula is C19H19ClN2O4. The van der Waals surface area contributed by atoms with Crippen molar-refractivity contribution >= 4 is 34.1 Å². The number of amides is 1. The van der Waals surface area contributed by atoms with E-state index in [1.54, 1.807) is 18.2 Å². The van der Waals surface area contributed by atoms with E-state index < -0.39 is 0 Å². The maximum Gasteiger partial charge on any atom is 0.244 e. The Morgan fingerprint density at radius 3 is 2.35 bits per heavy atom. The van der Waals surface area contributed by atoms with E-state index in [9.17, 15) is 4.79 Å². The quantitative estimate of drug-likeness (QED) is 0.709. The van der Waals surface area contributed by atoms with Crippen molar-refractivity contribution in [1.82, 2.24) is 4.57 Å². The van der Waals surface area contributed by atoms with Gasteiger partial charge in [0.25, 0.3) is 0 Å². The van der Waals surface area contributed by atoms with Gasteiger partial charge in [0.1, 0.15) is 6.54 Å². The lowest BCUT2D eigenvalue weighted by molar-refractivity contribution is -0.116. The number of carbonyl (C=O) groups is 1. The second-order valence-corrected chi connectivity index (χ2v) is 6.05. The highest BCUT2D eigenvalue weighted by atomic mass is 35.5. The molecule has 0 unspecified atom stereocenters. The molecule has 0 saturated heterocycles. The first-order valence-electron chi connectivity index (χ1n) is 7.90. The highest BCUT2D eigenvalue weighted by Gasteiger charge is 2.15. The number of rotatable bonds is 6. The molecule has 136 valence electrons. The lowest BCUT2D eigenvalue weighted by Crippen LogP contribution is -2.18. The summed E-state index contributed by atoms with van der Waals surface area (Å²) in [4.78, 5) is 12.5. The number of benzene rings is 2. The lowest BCUT2D eigenvalue weighted by atomic mass is 10.2. The van der Waals surface area contributed by atoms with Gasteiger partial charge in [-0.2, -0.15) is 0 Å². The number of carbonyl (C=O) groups excluding carboxylic acids is 1. The van der Waals surface area contributed by atoms with Crippen molar-refractivity contribution in [3.63, 3.8) is 0 Å². The molecule has 0 bridgehead atoms. The molecule has 1 N–H and O–H groups in total. The van der Waals surface area contributed by atoms with Crippen molar-refractivity contribution in [2.24, 2.45) is 0 Å². The second kappa shape index (κ2) is 7.58. The van der Waals surface area contributed by atoms with Crippen LogP contribution in [0.4, 0.5) is 5.69 Å². The summed E-state index contributed by atoms with van der Waals surface area (Å²) < 4.78 is 17.7. The molecule has 0 aliphatic heterocycles. The number of methoxy groups -OCH3 is 3. The minimum absolute atomic E-state index is 0.168. The first-order chi connectivity index (χ1) is 12.5. The zero-order valence-corrected chi connectivity index (χ0v) is 15.5. The van der Waals surface area contributed by atoms with E-state index in [1.807, 2.05) is 29.0 Å². The summed E-state index contributed by atoms with van der Waals surface area (Å²) in [6, 6.07) is 10.9. The van der Waals surface area contributed by atoms with Crippen molar-refractivity contribution in [2.75, 3.05) is 26.6 Å². The smallest absolute Gasteiger partial charge is 0.244 e. The zero-order chi connectivity index (χ0) is 18.7. The van der Waals surface area contributed by atoms with Crippen LogP contribution in [0.15, 0.2) is 42.6 Å². The number of halogens is 1. The molecule has 0 saturated carbocycles. The fraction of sp³-hybridized carbons (Fsp3) is 0.211. The van der Waals surface area contributed by atoms with Gasteiger partial charge in [0.15, 0.2) is 11.5 Å². The van der Waals surface area contributed by atoms with Crippen molar-refractivity contribution < 1.29 is 19.0 Å². The highest BCUT2D eigenvalue weighted by Crippen LogP contribution is 2.39. The molecule has 0 aliphatic rings. The van der Waals surface area contributed by atoms with Gasteiger partial charge in [-0.15, -0.1) is 0 Å². The molecule has 2 aromatic carbocycles. The van der Waals surface area contributed by atoms with Crippen LogP contribution in [0.25, 0.3) is 10.9 Å². The minimum Gasteiger partial charge on any atom is -0.493 e. The van der Waals surface area contributed by atoms with Crippen molar-refractivity contribution in [2.45, 2.75) is 6.54 Å². The van der Waals surface area contributed by atoms with E-state index in [2.05, 4.69) is 5.32 Å². The first kappa shape index (κ1) is 17.9. The summed E-state index contributed by atoms with van der Waals surface area (Å²) in [6.45, 7) is 0.168. The minimum atomic E-state index is -0.174. The molecule has 26 heavy (non-hydrogen) atoms. The highest BCUT2D eigenvalue weighted by molar-refractivity contribution is 6.31. The van der Waals surface area contributed by atoms with E-state index >= 15 is 0 Å². The standard InChI is InChI=1S/C19H19ClN2O4/c1-24-16-9-14(10-17(25-2)19(16)26-3)21-18(23)11-22-7-6-12-8-13(20)4-5-15(12)22/h4-10H,11H2,1-3H3,(H,21,23). The Morgan fingerprint density at radius 2 is 1.73 bits per heavy atom. The number of ether oxygens (including phenoxy) is 3.